The number of nitrogens with one attached hydrogen (secondary N) is 1. The largest absolute Gasteiger partial charge is 0.537 e. The maximum atomic E-state index is 6.11. The first-order valence-corrected chi connectivity index (χ1v) is 12.6. The van der Waals surface area contributed by atoms with Gasteiger partial charge in [-0.3, -0.25) is 0 Å². The van der Waals surface area contributed by atoms with Crippen molar-refractivity contribution in [2.75, 3.05) is 25.1 Å². The molecule has 0 bridgehead atoms. The van der Waals surface area contributed by atoms with E-state index >= 15 is 0 Å². The van der Waals surface area contributed by atoms with Crippen LogP contribution in [0.4, 0.5) is 5.69 Å². The summed E-state index contributed by atoms with van der Waals surface area (Å²) >= 11 is 11.0. The molecule has 8 heteroatoms. The van der Waals surface area contributed by atoms with Crippen LogP contribution in [0.1, 0.15) is 39.7 Å². The molecule has 0 aliphatic carbocycles. The first kappa shape index (κ1) is 20.1. The number of anilines is 1. The third kappa shape index (κ3) is 3.79. The smallest absolute Gasteiger partial charge is 0.370 e. The number of thiocarbonyl (C=S) groups is 1. The number of rotatable bonds is 9. The van der Waals surface area contributed by atoms with E-state index in [1.807, 2.05) is 20.8 Å². The van der Waals surface area contributed by atoms with Crippen LogP contribution in [0.2, 0.25) is 0 Å². The van der Waals surface area contributed by atoms with E-state index < -0.39 is 18.3 Å². The molecule has 1 heterocycles. The Hall–Kier alpha value is -0.223. The van der Waals surface area contributed by atoms with Crippen LogP contribution in [0, 0.1) is 0 Å². The number of fused-ring (bicyclic) bond motifs is 1. The van der Waals surface area contributed by atoms with Gasteiger partial charge in [-0.25, -0.2) is 0 Å². The second-order valence-electron chi connectivity index (χ2n) is 5.25. The normalized spacial score (nSPS) is 17.0. The van der Waals surface area contributed by atoms with Gasteiger partial charge in [-0.2, -0.15) is 0 Å². The molecule has 0 saturated heterocycles. The zero-order valence-corrected chi connectivity index (χ0v) is 18.1. The van der Waals surface area contributed by atoms with E-state index in [9.17, 15) is 0 Å². The van der Waals surface area contributed by atoms with Crippen molar-refractivity contribution >= 4 is 56.9 Å². The van der Waals surface area contributed by atoms with Gasteiger partial charge in [0.15, 0.2) is 0 Å². The minimum absolute atomic E-state index is 0.456. The van der Waals surface area contributed by atoms with Crippen molar-refractivity contribution in [1.82, 2.24) is 0 Å². The van der Waals surface area contributed by atoms with Gasteiger partial charge in [-0.1, -0.05) is 31.6 Å². The van der Waals surface area contributed by atoms with E-state index in [-0.39, 0.29) is 0 Å². The number of benzene rings is 1. The predicted octanol–water partition coefficient (Wildman–Crippen LogP) is 3.04. The lowest BCUT2D eigenvalue weighted by Gasteiger charge is -2.31. The topological polar surface area (TPSA) is 39.7 Å². The van der Waals surface area contributed by atoms with Crippen molar-refractivity contribution in [2.24, 2.45) is 0 Å². The molecule has 1 atom stereocenters. The lowest BCUT2D eigenvalue weighted by molar-refractivity contribution is 0.0857. The average Bonchev–Trinajstić information content (AvgIpc) is 2.84. The highest BCUT2D eigenvalue weighted by Gasteiger charge is 2.46. The molecule has 24 heavy (non-hydrogen) atoms. The summed E-state index contributed by atoms with van der Waals surface area (Å²) in [5.74, 6) is 0. The second kappa shape index (κ2) is 8.93. The first-order valence-electron chi connectivity index (χ1n) is 8.35. The Labute approximate surface area is 158 Å². The van der Waals surface area contributed by atoms with Crippen LogP contribution in [0.5, 0.6) is 0 Å². The van der Waals surface area contributed by atoms with Crippen molar-refractivity contribution in [3.05, 3.63) is 17.7 Å². The molecule has 0 amide bonds. The molecular formula is C16H25NO3S3Si. The van der Waals surface area contributed by atoms with Crippen molar-refractivity contribution in [3.8, 4) is 0 Å². The summed E-state index contributed by atoms with van der Waals surface area (Å²) in [7, 11) is -3.41. The Kier molecular flexibility index (Phi) is 7.48. The minimum Gasteiger partial charge on any atom is -0.370 e. The summed E-state index contributed by atoms with van der Waals surface area (Å²) in [6.07, 6.45) is 1.92. The van der Waals surface area contributed by atoms with Gasteiger partial charge in [0.2, 0.25) is 0 Å². The van der Waals surface area contributed by atoms with E-state index in [1.165, 1.54) is 5.56 Å². The number of hydrogen-bond donors (Lipinski definition) is 1. The summed E-state index contributed by atoms with van der Waals surface area (Å²) in [6.45, 7) is 9.72. The number of hydrogen-bond acceptors (Lipinski definition) is 5. The zero-order valence-electron chi connectivity index (χ0n) is 14.6. The highest BCUT2D eigenvalue weighted by atomic mass is 32.8. The molecule has 0 spiro atoms. The summed E-state index contributed by atoms with van der Waals surface area (Å²) in [6, 6.07) is 4.14. The molecule has 134 valence electrons. The molecule has 0 fully saturated rings. The Balaban J connectivity index is 2.64. The molecular weight excluding hydrogens is 378 g/mol. The van der Waals surface area contributed by atoms with Crippen LogP contribution in [0.15, 0.2) is 17.0 Å². The summed E-state index contributed by atoms with van der Waals surface area (Å²) < 4.78 is 19.0. The van der Waals surface area contributed by atoms with Crippen LogP contribution in [0.3, 0.4) is 0 Å². The van der Waals surface area contributed by atoms with Crippen molar-refractivity contribution in [2.45, 2.75) is 45.4 Å². The molecule has 1 aromatic rings. The molecule has 0 saturated carbocycles. The van der Waals surface area contributed by atoms with Gasteiger partial charge in [0.25, 0.3) is 0 Å². The fourth-order valence-electron chi connectivity index (χ4n) is 2.89. The van der Waals surface area contributed by atoms with Gasteiger partial charge in [-0.15, -0.1) is 0 Å². The van der Waals surface area contributed by atoms with Gasteiger partial charge in [0.05, 0.1) is 5.69 Å². The SMILES string of the molecule is CCCc1c([Si](OCC)(OCC)OCC)ccc2c1NC(=S)S2=S. The van der Waals surface area contributed by atoms with Crippen molar-refractivity contribution < 1.29 is 13.3 Å². The van der Waals surface area contributed by atoms with Gasteiger partial charge >= 0.3 is 8.80 Å². The molecule has 1 aliphatic heterocycles. The fraction of sp³-hybridized carbons (Fsp3) is 0.562. The van der Waals surface area contributed by atoms with Gasteiger partial charge in [0, 0.05) is 29.9 Å². The van der Waals surface area contributed by atoms with Crippen LogP contribution in [0.25, 0.3) is 0 Å². The lowest BCUT2D eigenvalue weighted by atomic mass is 10.1. The standard InChI is InChI=1S/C16H25NO3S3Si/c1-5-9-12-14(24(18-6-2,19-7-3)20-8-4)11-10-13-15(12)17-16(21)23(13)22/h10-11H,5-9H2,1-4H3,(H,17,21). The van der Waals surface area contributed by atoms with E-state index in [0.29, 0.717) is 19.8 Å². The van der Waals surface area contributed by atoms with Gasteiger partial charge in [0.1, 0.15) is 4.32 Å². The molecule has 0 aromatic heterocycles. The highest BCUT2D eigenvalue weighted by molar-refractivity contribution is 8.42. The third-order valence-corrected chi connectivity index (χ3v) is 9.97. The fourth-order valence-corrected chi connectivity index (χ4v) is 7.51. The zero-order chi connectivity index (χ0) is 17.7. The maximum absolute atomic E-state index is 6.11. The minimum atomic E-state index is -2.95. The third-order valence-electron chi connectivity index (χ3n) is 3.70. The van der Waals surface area contributed by atoms with Crippen LogP contribution >= 0.6 is 12.2 Å². The summed E-state index contributed by atoms with van der Waals surface area (Å²) in [5, 5.41) is 4.37. The Morgan fingerprint density at radius 2 is 1.62 bits per heavy atom. The molecule has 0 radical (unpaired) electrons. The van der Waals surface area contributed by atoms with E-state index in [2.05, 4.69) is 24.4 Å². The van der Waals surface area contributed by atoms with Crippen molar-refractivity contribution in [1.29, 1.82) is 0 Å². The van der Waals surface area contributed by atoms with Crippen LogP contribution < -0.4 is 10.5 Å². The van der Waals surface area contributed by atoms with Gasteiger partial charge in [-0.05, 0) is 59.5 Å². The van der Waals surface area contributed by atoms with Crippen LogP contribution in [-0.4, -0.2) is 32.9 Å². The van der Waals surface area contributed by atoms with Gasteiger partial charge < -0.3 is 18.6 Å². The lowest BCUT2D eigenvalue weighted by Crippen LogP contribution is -2.58. The molecule has 4 nitrogen and oxygen atoms in total. The average molecular weight is 404 g/mol. The summed E-state index contributed by atoms with van der Waals surface area (Å²) in [4.78, 5) is 1.11. The molecule has 1 N–H and O–H groups in total. The molecule has 2 rings (SSSR count). The van der Waals surface area contributed by atoms with E-state index in [0.717, 1.165) is 32.9 Å². The Morgan fingerprint density at radius 1 is 1.04 bits per heavy atom. The highest BCUT2D eigenvalue weighted by Crippen LogP contribution is 2.33. The Morgan fingerprint density at radius 3 is 2.12 bits per heavy atom. The monoisotopic (exact) mass is 403 g/mol. The Bertz CT molecular complexity index is 622. The molecule has 1 aliphatic rings. The predicted molar refractivity (Wildman–Crippen MR) is 110 cm³/mol. The van der Waals surface area contributed by atoms with Crippen LogP contribution in [-0.2, 0) is 40.3 Å². The van der Waals surface area contributed by atoms with E-state index in [4.69, 9.17) is 36.7 Å². The first-order chi connectivity index (χ1) is 11.5. The van der Waals surface area contributed by atoms with Crippen molar-refractivity contribution in [3.63, 3.8) is 0 Å². The summed E-state index contributed by atoms with van der Waals surface area (Å²) in [5.41, 5.74) is 2.23. The second-order valence-corrected chi connectivity index (χ2v) is 10.8. The van der Waals surface area contributed by atoms with E-state index in [1.54, 1.807) is 0 Å². The maximum Gasteiger partial charge on any atom is 0.537 e. The molecule has 1 unspecified atom stereocenters. The quantitative estimate of drug-likeness (QED) is 0.388. The molecule has 1 aromatic carbocycles.